The number of nitrogen functional groups attached to an aromatic ring is 1. The Bertz CT molecular complexity index is 447. The molecule has 0 heterocycles. The summed E-state index contributed by atoms with van der Waals surface area (Å²) in [5.74, 6) is 1.54. The standard InChI is InChI=1S/C16H23ClN2O/c1-11-2-4-12(5-3-11)6-7-19-16(20)13-8-14(17)10-15(18)9-13/h8-12H,2-7,18H2,1H3,(H,19,20). The number of hydrogen-bond acceptors (Lipinski definition) is 2. The van der Waals surface area contributed by atoms with Gasteiger partial charge in [-0.3, -0.25) is 4.79 Å². The van der Waals surface area contributed by atoms with E-state index in [1.807, 2.05) is 0 Å². The van der Waals surface area contributed by atoms with Gasteiger partial charge in [0.2, 0.25) is 0 Å². The molecule has 0 spiro atoms. The van der Waals surface area contributed by atoms with Crippen LogP contribution in [0.3, 0.4) is 0 Å². The van der Waals surface area contributed by atoms with Gasteiger partial charge in [-0.2, -0.15) is 0 Å². The van der Waals surface area contributed by atoms with E-state index in [4.69, 9.17) is 17.3 Å². The second kappa shape index (κ2) is 6.98. The van der Waals surface area contributed by atoms with Crippen LogP contribution in [0, 0.1) is 11.8 Å². The third-order valence-electron chi connectivity index (χ3n) is 4.16. The maximum Gasteiger partial charge on any atom is 0.251 e. The Hall–Kier alpha value is -1.22. The van der Waals surface area contributed by atoms with E-state index in [0.29, 0.717) is 16.3 Å². The first-order chi connectivity index (χ1) is 9.54. The third-order valence-corrected chi connectivity index (χ3v) is 4.37. The van der Waals surface area contributed by atoms with Crippen molar-refractivity contribution in [3.8, 4) is 0 Å². The molecule has 2 rings (SSSR count). The number of hydrogen-bond donors (Lipinski definition) is 2. The van der Waals surface area contributed by atoms with Crippen LogP contribution in [0.4, 0.5) is 5.69 Å². The number of amides is 1. The van der Waals surface area contributed by atoms with Crippen LogP contribution in [-0.4, -0.2) is 12.5 Å². The molecule has 0 saturated heterocycles. The van der Waals surface area contributed by atoms with Crippen LogP contribution in [0.1, 0.15) is 49.4 Å². The van der Waals surface area contributed by atoms with Crippen molar-refractivity contribution in [2.45, 2.75) is 39.0 Å². The first-order valence-corrected chi connectivity index (χ1v) is 7.76. The van der Waals surface area contributed by atoms with Crippen molar-refractivity contribution in [2.24, 2.45) is 11.8 Å². The molecule has 0 bridgehead atoms. The van der Waals surface area contributed by atoms with E-state index < -0.39 is 0 Å². The van der Waals surface area contributed by atoms with Crippen LogP contribution < -0.4 is 11.1 Å². The number of anilines is 1. The molecule has 1 aliphatic carbocycles. The second-order valence-electron chi connectivity index (χ2n) is 5.94. The molecule has 0 aliphatic heterocycles. The molecule has 0 atom stereocenters. The van der Waals surface area contributed by atoms with Crippen molar-refractivity contribution in [3.05, 3.63) is 28.8 Å². The zero-order valence-corrected chi connectivity index (χ0v) is 12.7. The van der Waals surface area contributed by atoms with Crippen LogP contribution >= 0.6 is 11.6 Å². The van der Waals surface area contributed by atoms with Gasteiger partial charge >= 0.3 is 0 Å². The summed E-state index contributed by atoms with van der Waals surface area (Å²) >= 11 is 5.90. The molecule has 110 valence electrons. The summed E-state index contributed by atoms with van der Waals surface area (Å²) in [4.78, 5) is 12.0. The molecular weight excluding hydrogens is 272 g/mol. The Morgan fingerprint density at radius 3 is 2.65 bits per heavy atom. The molecule has 1 aromatic rings. The van der Waals surface area contributed by atoms with Crippen LogP contribution in [0.2, 0.25) is 5.02 Å². The number of carbonyl (C=O) groups is 1. The van der Waals surface area contributed by atoms with E-state index >= 15 is 0 Å². The molecular formula is C16H23ClN2O. The lowest BCUT2D eigenvalue weighted by Crippen LogP contribution is -2.27. The SMILES string of the molecule is CC1CCC(CCNC(=O)c2cc(N)cc(Cl)c2)CC1. The van der Waals surface area contributed by atoms with Crippen LogP contribution in [0.25, 0.3) is 0 Å². The molecule has 1 aliphatic rings. The van der Waals surface area contributed by atoms with E-state index in [0.717, 1.165) is 24.8 Å². The van der Waals surface area contributed by atoms with Crippen LogP contribution in [0.15, 0.2) is 18.2 Å². The first-order valence-electron chi connectivity index (χ1n) is 7.39. The molecule has 3 N–H and O–H groups in total. The molecule has 1 amide bonds. The van der Waals surface area contributed by atoms with Gasteiger partial charge in [-0.15, -0.1) is 0 Å². The van der Waals surface area contributed by atoms with Crippen molar-refractivity contribution < 1.29 is 4.79 Å². The first kappa shape index (κ1) is 15.2. The second-order valence-corrected chi connectivity index (χ2v) is 6.38. The van der Waals surface area contributed by atoms with Gasteiger partial charge in [0, 0.05) is 22.8 Å². The van der Waals surface area contributed by atoms with Gasteiger partial charge in [-0.25, -0.2) is 0 Å². The third kappa shape index (κ3) is 4.41. The molecule has 1 saturated carbocycles. The highest BCUT2D eigenvalue weighted by Gasteiger charge is 2.18. The van der Waals surface area contributed by atoms with Crippen LogP contribution in [-0.2, 0) is 0 Å². The number of halogens is 1. The number of nitrogens with one attached hydrogen (secondary N) is 1. The fourth-order valence-electron chi connectivity index (χ4n) is 2.85. The lowest BCUT2D eigenvalue weighted by atomic mass is 9.81. The maximum atomic E-state index is 12.0. The highest BCUT2D eigenvalue weighted by atomic mass is 35.5. The fraction of sp³-hybridized carbons (Fsp3) is 0.562. The molecule has 0 unspecified atom stereocenters. The van der Waals surface area contributed by atoms with Gasteiger partial charge in [0.15, 0.2) is 0 Å². The van der Waals surface area contributed by atoms with Gasteiger partial charge in [0.25, 0.3) is 5.91 Å². The zero-order valence-electron chi connectivity index (χ0n) is 12.0. The smallest absolute Gasteiger partial charge is 0.251 e. The van der Waals surface area contributed by atoms with Crippen LogP contribution in [0.5, 0.6) is 0 Å². The van der Waals surface area contributed by atoms with Crippen molar-refractivity contribution in [2.75, 3.05) is 12.3 Å². The molecule has 1 fully saturated rings. The Balaban J connectivity index is 1.77. The summed E-state index contributed by atoms with van der Waals surface area (Å²) in [7, 11) is 0. The molecule has 1 aromatic carbocycles. The summed E-state index contributed by atoms with van der Waals surface area (Å²) < 4.78 is 0. The molecule has 3 nitrogen and oxygen atoms in total. The summed E-state index contributed by atoms with van der Waals surface area (Å²) in [5, 5.41) is 3.46. The number of carbonyl (C=O) groups excluding carboxylic acids is 1. The number of rotatable bonds is 4. The lowest BCUT2D eigenvalue weighted by molar-refractivity contribution is 0.0949. The summed E-state index contributed by atoms with van der Waals surface area (Å²) in [6, 6.07) is 4.95. The van der Waals surface area contributed by atoms with Gasteiger partial charge in [0.05, 0.1) is 0 Å². The average molecular weight is 295 g/mol. The predicted molar refractivity (Wildman–Crippen MR) is 83.9 cm³/mol. The summed E-state index contributed by atoms with van der Waals surface area (Å²) in [6.07, 6.45) is 6.30. The maximum absolute atomic E-state index is 12.0. The van der Waals surface area contributed by atoms with E-state index in [-0.39, 0.29) is 5.91 Å². The van der Waals surface area contributed by atoms with Crippen molar-refractivity contribution in [1.29, 1.82) is 0 Å². The largest absolute Gasteiger partial charge is 0.399 e. The van der Waals surface area contributed by atoms with E-state index in [9.17, 15) is 4.79 Å². The quantitative estimate of drug-likeness (QED) is 0.828. The van der Waals surface area contributed by atoms with Gasteiger partial charge < -0.3 is 11.1 Å². The number of benzene rings is 1. The Kier molecular flexibility index (Phi) is 5.30. The Labute approximate surface area is 125 Å². The summed E-state index contributed by atoms with van der Waals surface area (Å²) in [6.45, 7) is 3.05. The Morgan fingerprint density at radius 2 is 2.00 bits per heavy atom. The Morgan fingerprint density at radius 1 is 1.30 bits per heavy atom. The van der Waals surface area contributed by atoms with Gasteiger partial charge in [-0.05, 0) is 36.5 Å². The highest BCUT2D eigenvalue weighted by Crippen LogP contribution is 2.29. The monoisotopic (exact) mass is 294 g/mol. The minimum atomic E-state index is -0.0941. The van der Waals surface area contributed by atoms with E-state index in [2.05, 4.69) is 12.2 Å². The van der Waals surface area contributed by atoms with E-state index in [1.165, 1.54) is 25.7 Å². The normalized spacial score (nSPS) is 22.5. The topological polar surface area (TPSA) is 55.1 Å². The van der Waals surface area contributed by atoms with E-state index in [1.54, 1.807) is 18.2 Å². The molecule has 0 aromatic heterocycles. The fourth-order valence-corrected chi connectivity index (χ4v) is 3.10. The lowest BCUT2D eigenvalue weighted by Gasteiger charge is -2.26. The minimum absolute atomic E-state index is 0.0941. The van der Waals surface area contributed by atoms with Crippen molar-refractivity contribution in [3.63, 3.8) is 0 Å². The molecule has 20 heavy (non-hydrogen) atoms. The average Bonchev–Trinajstić information content (AvgIpc) is 2.40. The summed E-state index contributed by atoms with van der Waals surface area (Å²) in [5.41, 5.74) is 6.74. The minimum Gasteiger partial charge on any atom is -0.399 e. The van der Waals surface area contributed by atoms with Gasteiger partial charge in [-0.1, -0.05) is 44.2 Å². The zero-order chi connectivity index (χ0) is 14.5. The van der Waals surface area contributed by atoms with Crippen molar-refractivity contribution >= 4 is 23.2 Å². The highest BCUT2D eigenvalue weighted by molar-refractivity contribution is 6.31. The molecule has 0 radical (unpaired) electrons. The van der Waals surface area contributed by atoms with Crippen molar-refractivity contribution in [1.82, 2.24) is 5.32 Å². The number of nitrogens with two attached hydrogens (primary N) is 1. The molecule has 4 heteroatoms. The predicted octanol–water partition coefficient (Wildman–Crippen LogP) is 3.87. The van der Waals surface area contributed by atoms with Gasteiger partial charge in [0.1, 0.15) is 0 Å².